The molecule has 7 heteroatoms. The summed E-state index contributed by atoms with van der Waals surface area (Å²) in [4.78, 5) is 31.6. The Labute approximate surface area is 180 Å². The Balaban J connectivity index is 1.30. The van der Waals surface area contributed by atoms with Gasteiger partial charge < -0.3 is 15.5 Å². The smallest absolute Gasteiger partial charge is 0.318 e. The first-order valence-corrected chi connectivity index (χ1v) is 10.9. The van der Waals surface area contributed by atoms with Gasteiger partial charge in [0, 0.05) is 24.0 Å². The molecule has 1 aliphatic heterocycles. The quantitative estimate of drug-likeness (QED) is 0.637. The van der Waals surface area contributed by atoms with Crippen LogP contribution in [0.4, 0.5) is 4.79 Å². The van der Waals surface area contributed by atoms with E-state index in [-0.39, 0.29) is 11.9 Å². The van der Waals surface area contributed by atoms with Crippen molar-refractivity contribution in [2.24, 2.45) is 0 Å². The zero-order valence-electron chi connectivity index (χ0n) is 16.6. The molecule has 1 saturated heterocycles. The lowest BCUT2D eigenvalue weighted by atomic mass is 10.2. The number of aromatic nitrogens is 1. The second-order valence-electron chi connectivity index (χ2n) is 7.22. The summed E-state index contributed by atoms with van der Waals surface area (Å²) in [5, 5.41) is 8.76. The molecule has 3 aromatic rings. The van der Waals surface area contributed by atoms with Crippen LogP contribution in [0.1, 0.15) is 24.1 Å². The first-order valence-electron chi connectivity index (χ1n) is 10.1. The Morgan fingerprint density at radius 1 is 1.00 bits per heavy atom. The van der Waals surface area contributed by atoms with Crippen LogP contribution in [0.2, 0.25) is 0 Å². The van der Waals surface area contributed by atoms with Gasteiger partial charge in [-0.3, -0.25) is 4.79 Å². The molecule has 6 nitrogen and oxygen atoms in total. The van der Waals surface area contributed by atoms with E-state index in [1.165, 1.54) is 0 Å². The zero-order valence-corrected chi connectivity index (χ0v) is 17.4. The van der Waals surface area contributed by atoms with Gasteiger partial charge in [-0.2, -0.15) is 0 Å². The Morgan fingerprint density at radius 3 is 2.50 bits per heavy atom. The van der Waals surface area contributed by atoms with E-state index < -0.39 is 6.04 Å². The van der Waals surface area contributed by atoms with Gasteiger partial charge in [0.15, 0.2) is 0 Å². The normalized spacial score (nSPS) is 15.7. The summed E-state index contributed by atoms with van der Waals surface area (Å²) in [6, 6.07) is 19.1. The van der Waals surface area contributed by atoms with Gasteiger partial charge in [0.2, 0.25) is 5.91 Å². The maximum absolute atomic E-state index is 12.7. The molecule has 2 heterocycles. The Morgan fingerprint density at radius 2 is 1.73 bits per heavy atom. The van der Waals surface area contributed by atoms with Crippen molar-refractivity contribution in [1.82, 2.24) is 20.5 Å². The molecule has 1 aromatic heterocycles. The van der Waals surface area contributed by atoms with Crippen LogP contribution in [0, 0.1) is 0 Å². The summed E-state index contributed by atoms with van der Waals surface area (Å²) < 4.78 is 0. The number of rotatable bonds is 6. The minimum absolute atomic E-state index is 0.128. The van der Waals surface area contributed by atoms with Crippen LogP contribution in [0.15, 0.2) is 66.0 Å². The Hall–Kier alpha value is -3.19. The van der Waals surface area contributed by atoms with Gasteiger partial charge in [-0.25, -0.2) is 9.78 Å². The average molecular weight is 421 g/mol. The number of urea groups is 1. The third-order valence-corrected chi connectivity index (χ3v) is 6.06. The number of nitrogens with one attached hydrogen (secondary N) is 2. The lowest BCUT2D eigenvalue weighted by Crippen LogP contribution is -2.49. The molecule has 1 fully saturated rings. The number of likely N-dealkylation sites (tertiary alicyclic amines) is 1. The van der Waals surface area contributed by atoms with E-state index in [1.807, 2.05) is 66.0 Å². The van der Waals surface area contributed by atoms with Gasteiger partial charge in [0.25, 0.3) is 0 Å². The molecular formula is C23H24N4O2S. The predicted octanol–water partition coefficient (Wildman–Crippen LogP) is 3.80. The largest absolute Gasteiger partial charge is 0.349 e. The minimum atomic E-state index is -0.437. The molecule has 2 aromatic carbocycles. The molecule has 0 spiro atoms. The van der Waals surface area contributed by atoms with Crippen molar-refractivity contribution in [1.29, 1.82) is 0 Å². The van der Waals surface area contributed by atoms with E-state index in [0.29, 0.717) is 26.1 Å². The van der Waals surface area contributed by atoms with E-state index in [1.54, 1.807) is 16.2 Å². The van der Waals surface area contributed by atoms with Crippen LogP contribution >= 0.6 is 11.3 Å². The fourth-order valence-corrected chi connectivity index (χ4v) is 4.38. The van der Waals surface area contributed by atoms with Crippen molar-refractivity contribution >= 4 is 23.3 Å². The molecule has 0 aliphatic carbocycles. The average Bonchev–Trinajstić information content (AvgIpc) is 3.47. The summed E-state index contributed by atoms with van der Waals surface area (Å²) in [5.41, 5.74) is 2.92. The number of hydrogen-bond donors (Lipinski definition) is 2. The van der Waals surface area contributed by atoms with Crippen molar-refractivity contribution in [3.05, 3.63) is 77.3 Å². The van der Waals surface area contributed by atoms with Crippen LogP contribution in [-0.2, 0) is 17.9 Å². The minimum Gasteiger partial charge on any atom is -0.349 e. The van der Waals surface area contributed by atoms with Gasteiger partial charge in [0.05, 0.1) is 12.2 Å². The van der Waals surface area contributed by atoms with Crippen LogP contribution < -0.4 is 10.6 Å². The molecule has 1 atom stereocenters. The second kappa shape index (κ2) is 9.54. The predicted molar refractivity (Wildman–Crippen MR) is 118 cm³/mol. The van der Waals surface area contributed by atoms with Gasteiger partial charge in [0.1, 0.15) is 11.0 Å². The second-order valence-corrected chi connectivity index (χ2v) is 8.08. The van der Waals surface area contributed by atoms with Crippen LogP contribution in [0.3, 0.4) is 0 Å². The molecule has 1 aliphatic rings. The van der Waals surface area contributed by atoms with Crippen molar-refractivity contribution in [2.45, 2.75) is 32.0 Å². The summed E-state index contributed by atoms with van der Waals surface area (Å²) in [5.74, 6) is -0.128. The number of nitrogens with zero attached hydrogens (tertiary/aromatic N) is 2. The van der Waals surface area contributed by atoms with E-state index >= 15 is 0 Å². The third kappa shape index (κ3) is 4.86. The van der Waals surface area contributed by atoms with E-state index in [2.05, 4.69) is 15.6 Å². The van der Waals surface area contributed by atoms with E-state index in [0.717, 1.165) is 28.2 Å². The monoisotopic (exact) mass is 420 g/mol. The first kappa shape index (κ1) is 20.1. The molecule has 154 valence electrons. The maximum atomic E-state index is 12.7. The summed E-state index contributed by atoms with van der Waals surface area (Å²) in [6.45, 7) is 1.40. The number of amides is 3. The van der Waals surface area contributed by atoms with Crippen molar-refractivity contribution in [3.8, 4) is 10.6 Å². The molecule has 0 radical (unpaired) electrons. The fraction of sp³-hybridized carbons (Fsp3) is 0.261. The van der Waals surface area contributed by atoms with Gasteiger partial charge >= 0.3 is 6.03 Å². The Kier molecular flexibility index (Phi) is 6.39. The number of benzene rings is 2. The van der Waals surface area contributed by atoms with Crippen molar-refractivity contribution < 1.29 is 9.59 Å². The first-order chi connectivity index (χ1) is 14.7. The van der Waals surface area contributed by atoms with E-state index in [4.69, 9.17) is 0 Å². The number of carbonyl (C=O) groups excluding carboxylic acids is 2. The summed E-state index contributed by atoms with van der Waals surface area (Å²) in [7, 11) is 0. The highest BCUT2D eigenvalue weighted by molar-refractivity contribution is 7.13. The molecule has 0 saturated carbocycles. The maximum Gasteiger partial charge on any atom is 0.318 e. The lowest BCUT2D eigenvalue weighted by molar-refractivity contribution is -0.124. The van der Waals surface area contributed by atoms with Gasteiger partial charge in [-0.05, 0) is 18.4 Å². The van der Waals surface area contributed by atoms with E-state index in [9.17, 15) is 9.59 Å². The highest BCUT2D eigenvalue weighted by Crippen LogP contribution is 2.23. The Bertz CT molecular complexity index is 991. The molecule has 4 rings (SSSR count). The van der Waals surface area contributed by atoms with Gasteiger partial charge in [-0.1, -0.05) is 60.7 Å². The fourth-order valence-electron chi connectivity index (χ4n) is 3.55. The lowest BCUT2D eigenvalue weighted by Gasteiger charge is -2.24. The van der Waals surface area contributed by atoms with Gasteiger partial charge in [-0.15, -0.1) is 11.3 Å². The molecular weight excluding hydrogens is 396 g/mol. The summed E-state index contributed by atoms with van der Waals surface area (Å²) in [6.07, 6.45) is 1.50. The van der Waals surface area contributed by atoms with Crippen molar-refractivity contribution in [3.63, 3.8) is 0 Å². The zero-order chi connectivity index (χ0) is 20.8. The topological polar surface area (TPSA) is 74.3 Å². The van der Waals surface area contributed by atoms with Crippen LogP contribution in [0.25, 0.3) is 10.6 Å². The SMILES string of the molecule is O=C(NCc1csc(-c2ccccc2)n1)C1CCCN1C(=O)NCc1ccccc1. The third-order valence-electron chi connectivity index (χ3n) is 5.12. The number of hydrogen-bond acceptors (Lipinski definition) is 4. The highest BCUT2D eigenvalue weighted by Gasteiger charge is 2.33. The molecule has 1 unspecified atom stereocenters. The number of thiazole rings is 1. The highest BCUT2D eigenvalue weighted by atomic mass is 32.1. The van der Waals surface area contributed by atoms with Crippen LogP contribution in [-0.4, -0.2) is 34.4 Å². The molecule has 2 N–H and O–H groups in total. The molecule has 30 heavy (non-hydrogen) atoms. The molecule has 0 bridgehead atoms. The summed E-state index contributed by atoms with van der Waals surface area (Å²) >= 11 is 1.56. The molecule has 3 amide bonds. The number of carbonyl (C=O) groups is 2. The van der Waals surface area contributed by atoms with Crippen molar-refractivity contribution in [2.75, 3.05) is 6.54 Å². The van der Waals surface area contributed by atoms with Crippen LogP contribution in [0.5, 0.6) is 0 Å². The standard InChI is InChI=1S/C23H24N4O2S/c28-21(24-15-19-16-30-22(26-19)18-10-5-2-6-11-18)20-12-7-13-27(20)23(29)25-14-17-8-3-1-4-9-17/h1-6,8-11,16,20H,7,12-15H2,(H,24,28)(H,25,29).